The van der Waals surface area contributed by atoms with Crippen LogP contribution in [0.1, 0.15) is 49.5 Å². The maximum atomic E-state index is 12.8. The van der Waals surface area contributed by atoms with Crippen molar-refractivity contribution in [1.29, 1.82) is 0 Å². The summed E-state index contributed by atoms with van der Waals surface area (Å²) in [5.74, 6) is 0.363. The molecule has 2 aromatic rings. The van der Waals surface area contributed by atoms with Crippen LogP contribution in [0.15, 0.2) is 48.8 Å². The second-order valence-electron chi connectivity index (χ2n) is 8.36. The molecule has 1 saturated heterocycles. The zero-order valence-corrected chi connectivity index (χ0v) is 16.1. The number of hydrogen-bond acceptors (Lipinski definition) is 2. The number of piperidine rings is 1. The standard InChI is InChI=1S/C22H30N2O2/c1-22(2,3)24-14-11-19(16-24)21(26)23-12-9-18(10-13-23)20(25)15-17-7-5-4-6-8-17/h4-8,11,14,16,18,20,25H,9-10,12-13,15H2,1-3H3/t20-/m1/s1. The van der Waals surface area contributed by atoms with E-state index in [0.717, 1.165) is 31.5 Å². The molecule has 0 bridgehead atoms. The van der Waals surface area contributed by atoms with E-state index in [2.05, 4.69) is 37.5 Å². The van der Waals surface area contributed by atoms with Crippen molar-refractivity contribution in [3.63, 3.8) is 0 Å². The van der Waals surface area contributed by atoms with E-state index in [1.165, 1.54) is 5.56 Å². The van der Waals surface area contributed by atoms with Gasteiger partial charge in [0, 0.05) is 31.0 Å². The van der Waals surface area contributed by atoms with Gasteiger partial charge in [0.2, 0.25) is 0 Å². The molecule has 1 aliphatic rings. The predicted molar refractivity (Wildman–Crippen MR) is 104 cm³/mol. The number of likely N-dealkylation sites (tertiary alicyclic amines) is 1. The number of amides is 1. The van der Waals surface area contributed by atoms with Crippen molar-refractivity contribution in [3.8, 4) is 0 Å². The highest BCUT2D eigenvalue weighted by Gasteiger charge is 2.28. The van der Waals surface area contributed by atoms with Crippen LogP contribution in [-0.2, 0) is 12.0 Å². The molecular weight excluding hydrogens is 324 g/mol. The van der Waals surface area contributed by atoms with Gasteiger partial charge in [-0.3, -0.25) is 4.79 Å². The monoisotopic (exact) mass is 354 g/mol. The SMILES string of the molecule is CC(C)(C)n1ccc(C(=O)N2CCC([C@H](O)Cc3ccccc3)CC2)c1. The average molecular weight is 354 g/mol. The number of aromatic nitrogens is 1. The molecule has 1 aromatic heterocycles. The minimum atomic E-state index is -0.336. The molecule has 1 aromatic carbocycles. The highest BCUT2D eigenvalue weighted by Crippen LogP contribution is 2.25. The number of carbonyl (C=O) groups is 1. The molecule has 4 heteroatoms. The second kappa shape index (κ2) is 7.67. The summed E-state index contributed by atoms with van der Waals surface area (Å²) in [7, 11) is 0. The van der Waals surface area contributed by atoms with Crippen LogP contribution < -0.4 is 0 Å². The molecule has 1 amide bonds. The minimum absolute atomic E-state index is 0.0208. The maximum absolute atomic E-state index is 12.8. The second-order valence-corrected chi connectivity index (χ2v) is 8.36. The van der Waals surface area contributed by atoms with Gasteiger partial charge in [0.25, 0.3) is 5.91 Å². The van der Waals surface area contributed by atoms with Crippen molar-refractivity contribution in [2.75, 3.05) is 13.1 Å². The van der Waals surface area contributed by atoms with Crippen molar-refractivity contribution in [2.45, 2.75) is 51.7 Å². The Balaban J connectivity index is 1.54. The summed E-state index contributed by atoms with van der Waals surface area (Å²) >= 11 is 0. The average Bonchev–Trinajstić information content (AvgIpc) is 3.12. The van der Waals surface area contributed by atoms with Gasteiger partial charge >= 0.3 is 0 Å². The van der Waals surface area contributed by atoms with E-state index in [4.69, 9.17) is 0 Å². The minimum Gasteiger partial charge on any atom is -0.392 e. The van der Waals surface area contributed by atoms with Crippen LogP contribution in [-0.4, -0.2) is 39.7 Å². The van der Waals surface area contributed by atoms with Gasteiger partial charge in [-0.15, -0.1) is 0 Å². The molecule has 0 aliphatic carbocycles. The van der Waals surface area contributed by atoms with E-state index in [0.29, 0.717) is 6.42 Å². The fraction of sp³-hybridized carbons (Fsp3) is 0.500. The number of benzene rings is 1. The summed E-state index contributed by atoms with van der Waals surface area (Å²) in [6, 6.07) is 12.0. The molecule has 140 valence electrons. The Bertz CT molecular complexity index is 722. The van der Waals surface area contributed by atoms with Crippen LogP contribution in [0.4, 0.5) is 0 Å². The molecule has 0 radical (unpaired) electrons. The highest BCUT2D eigenvalue weighted by molar-refractivity contribution is 5.94. The zero-order valence-electron chi connectivity index (χ0n) is 16.1. The zero-order chi connectivity index (χ0) is 18.7. The maximum Gasteiger partial charge on any atom is 0.255 e. The summed E-state index contributed by atoms with van der Waals surface area (Å²) < 4.78 is 2.08. The first-order valence-electron chi connectivity index (χ1n) is 9.54. The van der Waals surface area contributed by atoms with Crippen LogP contribution in [0.5, 0.6) is 0 Å². The Hall–Kier alpha value is -2.07. The number of aliphatic hydroxyl groups is 1. The highest BCUT2D eigenvalue weighted by atomic mass is 16.3. The topological polar surface area (TPSA) is 45.5 Å². The van der Waals surface area contributed by atoms with E-state index in [9.17, 15) is 9.90 Å². The Kier molecular flexibility index (Phi) is 5.52. The first-order valence-corrected chi connectivity index (χ1v) is 9.54. The van der Waals surface area contributed by atoms with E-state index >= 15 is 0 Å². The van der Waals surface area contributed by atoms with E-state index in [1.807, 2.05) is 41.6 Å². The summed E-state index contributed by atoms with van der Waals surface area (Å²) in [4.78, 5) is 14.7. The first-order chi connectivity index (χ1) is 12.3. The number of nitrogens with zero attached hydrogens (tertiary/aromatic N) is 2. The fourth-order valence-corrected chi connectivity index (χ4v) is 3.63. The lowest BCUT2D eigenvalue weighted by Crippen LogP contribution is -2.41. The molecule has 3 rings (SSSR count). The molecule has 1 fully saturated rings. The van der Waals surface area contributed by atoms with E-state index in [-0.39, 0.29) is 23.5 Å². The molecule has 0 unspecified atom stereocenters. The summed E-state index contributed by atoms with van der Waals surface area (Å²) in [6.07, 6.45) is 5.99. The lowest BCUT2D eigenvalue weighted by Gasteiger charge is -2.34. The Labute approximate surface area is 156 Å². The van der Waals surface area contributed by atoms with Crippen molar-refractivity contribution >= 4 is 5.91 Å². The number of hydrogen-bond donors (Lipinski definition) is 1. The Morgan fingerprint density at radius 3 is 2.38 bits per heavy atom. The van der Waals surface area contributed by atoms with Gasteiger partial charge in [-0.25, -0.2) is 0 Å². The predicted octanol–water partition coefficient (Wildman–Crippen LogP) is 3.70. The van der Waals surface area contributed by atoms with Crippen LogP contribution in [0.2, 0.25) is 0 Å². The van der Waals surface area contributed by atoms with Gasteiger partial charge in [-0.05, 0) is 57.6 Å². The van der Waals surface area contributed by atoms with Crippen LogP contribution in [0.25, 0.3) is 0 Å². The van der Waals surface area contributed by atoms with Crippen molar-refractivity contribution in [1.82, 2.24) is 9.47 Å². The van der Waals surface area contributed by atoms with Crippen molar-refractivity contribution in [3.05, 3.63) is 59.9 Å². The Morgan fingerprint density at radius 1 is 1.15 bits per heavy atom. The third kappa shape index (κ3) is 4.36. The molecule has 1 atom stereocenters. The number of carbonyl (C=O) groups excluding carboxylic acids is 1. The van der Waals surface area contributed by atoms with Gasteiger partial charge in [-0.1, -0.05) is 30.3 Å². The first kappa shape index (κ1) is 18.7. The molecular formula is C22H30N2O2. The normalized spacial score (nSPS) is 17.3. The van der Waals surface area contributed by atoms with Crippen LogP contribution in [0, 0.1) is 5.92 Å². The van der Waals surface area contributed by atoms with Gasteiger partial charge in [0.05, 0.1) is 11.7 Å². The third-order valence-corrected chi connectivity index (χ3v) is 5.37. The van der Waals surface area contributed by atoms with Gasteiger partial charge < -0.3 is 14.6 Å². The van der Waals surface area contributed by atoms with Gasteiger partial charge in [0.15, 0.2) is 0 Å². The van der Waals surface area contributed by atoms with Gasteiger partial charge in [-0.2, -0.15) is 0 Å². The molecule has 0 spiro atoms. The lowest BCUT2D eigenvalue weighted by molar-refractivity contribution is 0.0467. The summed E-state index contributed by atoms with van der Waals surface area (Å²) in [6.45, 7) is 7.81. The molecule has 1 aliphatic heterocycles. The summed E-state index contributed by atoms with van der Waals surface area (Å²) in [5.41, 5.74) is 1.90. The summed E-state index contributed by atoms with van der Waals surface area (Å²) in [5, 5.41) is 10.6. The molecule has 0 saturated carbocycles. The molecule has 1 N–H and O–H groups in total. The number of rotatable bonds is 4. The van der Waals surface area contributed by atoms with Crippen molar-refractivity contribution < 1.29 is 9.90 Å². The van der Waals surface area contributed by atoms with Crippen molar-refractivity contribution in [2.24, 2.45) is 5.92 Å². The smallest absolute Gasteiger partial charge is 0.255 e. The molecule has 26 heavy (non-hydrogen) atoms. The van der Waals surface area contributed by atoms with E-state index < -0.39 is 0 Å². The fourth-order valence-electron chi connectivity index (χ4n) is 3.63. The molecule has 2 heterocycles. The molecule has 4 nitrogen and oxygen atoms in total. The van der Waals surface area contributed by atoms with Crippen LogP contribution in [0.3, 0.4) is 0 Å². The lowest BCUT2D eigenvalue weighted by atomic mass is 9.88. The van der Waals surface area contributed by atoms with Crippen LogP contribution >= 0.6 is 0 Å². The third-order valence-electron chi connectivity index (χ3n) is 5.37. The quantitative estimate of drug-likeness (QED) is 0.910. The largest absolute Gasteiger partial charge is 0.392 e. The Morgan fingerprint density at radius 2 is 1.81 bits per heavy atom. The van der Waals surface area contributed by atoms with Gasteiger partial charge in [0.1, 0.15) is 0 Å². The van der Waals surface area contributed by atoms with E-state index in [1.54, 1.807) is 0 Å². The number of aliphatic hydroxyl groups excluding tert-OH is 1.